The fourth-order valence-electron chi connectivity index (χ4n) is 3.18. The average Bonchev–Trinajstić information content (AvgIpc) is 3.37. The average molecular weight is 355 g/mol. The highest BCUT2D eigenvalue weighted by Gasteiger charge is 2.29. The monoisotopic (exact) mass is 355 g/mol. The fraction of sp³-hybridized carbons (Fsp3) is 0.421. The van der Waals surface area contributed by atoms with Gasteiger partial charge in [-0.25, -0.2) is 4.98 Å². The van der Waals surface area contributed by atoms with Gasteiger partial charge in [0.25, 0.3) is 5.91 Å². The Morgan fingerprint density at radius 2 is 2.04 bits per heavy atom. The van der Waals surface area contributed by atoms with Crippen molar-refractivity contribution in [3.63, 3.8) is 0 Å². The van der Waals surface area contributed by atoms with Crippen LogP contribution in [0, 0.1) is 11.8 Å². The van der Waals surface area contributed by atoms with Gasteiger partial charge >= 0.3 is 0 Å². The van der Waals surface area contributed by atoms with Gasteiger partial charge in [0.15, 0.2) is 0 Å². The summed E-state index contributed by atoms with van der Waals surface area (Å²) in [6.45, 7) is 2.26. The summed E-state index contributed by atoms with van der Waals surface area (Å²) < 4.78 is 0. The third-order valence-corrected chi connectivity index (χ3v) is 5.92. The Morgan fingerprint density at radius 3 is 2.76 bits per heavy atom. The van der Waals surface area contributed by atoms with Gasteiger partial charge in [-0.15, -0.1) is 11.3 Å². The number of fused-ring (bicyclic) bond motifs is 1. The van der Waals surface area contributed by atoms with Gasteiger partial charge in [-0.05, 0) is 55.7 Å². The van der Waals surface area contributed by atoms with Crippen molar-refractivity contribution < 1.29 is 9.59 Å². The summed E-state index contributed by atoms with van der Waals surface area (Å²) in [7, 11) is 0. The van der Waals surface area contributed by atoms with Crippen LogP contribution >= 0.6 is 11.3 Å². The first-order valence-corrected chi connectivity index (χ1v) is 9.65. The lowest BCUT2D eigenvalue weighted by Gasteiger charge is -2.18. The molecule has 1 saturated carbocycles. The molecule has 0 radical (unpaired) electrons. The molecule has 2 N–H and O–H groups in total. The van der Waals surface area contributed by atoms with Crippen LogP contribution in [0.15, 0.2) is 23.7 Å². The largest absolute Gasteiger partial charge is 0.321 e. The van der Waals surface area contributed by atoms with Crippen LogP contribution in [0.2, 0.25) is 0 Å². The van der Waals surface area contributed by atoms with Gasteiger partial charge in [0, 0.05) is 16.2 Å². The Balaban J connectivity index is 1.41. The number of aromatic nitrogens is 1. The lowest BCUT2D eigenvalue weighted by molar-refractivity contribution is -0.117. The molecular formula is C19H21N3O2S. The Hall–Kier alpha value is -2.21. The first-order chi connectivity index (χ1) is 12.1. The van der Waals surface area contributed by atoms with E-state index in [0.717, 1.165) is 37.7 Å². The molecule has 2 aliphatic carbocycles. The highest BCUT2D eigenvalue weighted by atomic mass is 32.1. The molecule has 2 aromatic heterocycles. The topological polar surface area (TPSA) is 71.1 Å². The second kappa shape index (κ2) is 6.59. The van der Waals surface area contributed by atoms with Gasteiger partial charge in [-0.2, -0.15) is 0 Å². The van der Waals surface area contributed by atoms with Crippen LogP contribution in [0.1, 0.15) is 47.0 Å². The molecule has 2 heterocycles. The van der Waals surface area contributed by atoms with Crippen LogP contribution < -0.4 is 10.6 Å². The molecule has 5 nitrogen and oxygen atoms in total. The number of thiophene rings is 1. The second-order valence-electron chi connectivity index (χ2n) is 7.05. The third kappa shape index (κ3) is 3.58. The minimum atomic E-state index is -0.0800. The summed E-state index contributed by atoms with van der Waals surface area (Å²) in [5, 5.41) is 7.68. The smallest absolute Gasteiger partial charge is 0.256 e. The molecule has 2 aromatic rings. The second-order valence-corrected chi connectivity index (χ2v) is 8.01. The van der Waals surface area contributed by atoms with Crippen LogP contribution in [0.25, 0.3) is 0 Å². The zero-order valence-electron chi connectivity index (χ0n) is 14.2. The van der Waals surface area contributed by atoms with Crippen molar-refractivity contribution in [1.82, 2.24) is 4.98 Å². The lowest BCUT2D eigenvalue weighted by Crippen LogP contribution is -2.17. The van der Waals surface area contributed by atoms with Gasteiger partial charge < -0.3 is 10.6 Å². The lowest BCUT2D eigenvalue weighted by atomic mass is 9.88. The Labute approximate surface area is 150 Å². The molecule has 2 amide bonds. The predicted molar refractivity (Wildman–Crippen MR) is 99.1 cm³/mol. The minimum absolute atomic E-state index is 0.0309. The number of carbonyl (C=O) groups is 2. The molecule has 0 unspecified atom stereocenters. The highest BCUT2D eigenvalue weighted by molar-refractivity contribution is 7.10. The van der Waals surface area contributed by atoms with E-state index in [1.807, 2.05) is 5.38 Å². The summed E-state index contributed by atoms with van der Waals surface area (Å²) in [4.78, 5) is 29.9. The summed E-state index contributed by atoms with van der Waals surface area (Å²) in [5.41, 5.74) is 2.64. The van der Waals surface area contributed by atoms with Gasteiger partial charge in [-0.1, -0.05) is 6.92 Å². The molecule has 25 heavy (non-hydrogen) atoms. The molecule has 0 bridgehead atoms. The quantitative estimate of drug-likeness (QED) is 0.874. The molecule has 1 atom stereocenters. The Morgan fingerprint density at radius 1 is 1.20 bits per heavy atom. The summed E-state index contributed by atoms with van der Waals surface area (Å²) in [6.07, 6.45) is 6.70. The van der Waals surface area contributed by atoms with Crippen LogP contribution in [0.5, 0.6) is 0 Å². The number of pyridine rings is 1. The van der Waals surface area contributed by atoms with Gasteiger partial charge in [0.2, 0.25) is 5.91 Å². The Bertz CT molecular complexity index is 809. The summed E-state index contributed by atoms with van der Waals surface area (Å²) >= 11 is 1.69. The molecule has 1 fully saturated rings. The minimum Gasteiger partial charge on any atom is -0.321 e. The maximum absolute atomic E-state index is 12.6. The van der Waals surface area contributed by atoms with Crippen molar-refractivity contribution in [1.29, 1.82) is 0 Å². The maximum atomic E-state index is 12.6. The SMILES string of the molecule is C[C@@H]1CCc2c(C(=O)Nc3ccc(NC(=O)C4CC4)nc3)csc2C1. The van der Waals surface area contributed by atoms with Crippen LogP contribution in [0.3, 0.4) is 0 Å². The number of amides is 2. The fourth-order valence-corrected chi connectivity index (χ4v) is 4.43. The third-order valence-electron chi connectivity index (χ3n) is 4.87. The van der Waals surface area contributed by atoms with Crippen molar-refractivity contribution in [2.45, 2.75) is 39.0 Å². The standard InChI is InChI=1S/C19H21N3O2S/c1-11-2-6-14-15(10-25-16(14)8-11)19(24)21-13-5-7-17(20-9-13)22-18(23)12-3-4-12/h5,7,9-12H,2-4,6,8H2,1H3,(H,21,24)(H,20,22,23)/t11-/m1/s1. The normalized spacial score (nSPS) is 19.2. The van der Waals surface area contributed by atoms with Crippen LogP contribution in [0.4, 0.5) is 11.5 Å². The summed E-state index contributed by atoms with van der Waals surface area (Å²) in [6, 6.07) is 3.50. The molecular weight excluding hydrogens is 334 g/mol. The first-order valence-electron chi connectivity index (χ1n) is 8.77. The van der Waals surface area contributed by atoms with Crippen molar-refractivity contribution in [2.75, 3.05) is 10.6 Å². The van der Waals surface area contributed by atoms with Crippen molar-refractivity contribution in [3.05, 3.63) is 39.7 Å². The van der Waals surface area contributed by atoms with Gasteiger partial charge in [0.1, 0.15) is 5.82 Å². The number of nitrogens with one attached hydrogen (secondary N) is 2. The molecule has 2 aliphatic rings. The molecule has 0 saturated heterocycles. The van der Waals surface area contributed by atoms with E-state index in [9.17, 15) is 9.59 Å². The maximum Gasteiger partial charge on any atom is 0.256 e. The van der Waals surface area contributed by atoms with E-state index in [1.54, 1.807) is 29.7 Å². The number of carbonyl (C=O) groups excluding carboxylic acids is 2. The molecule has 0 aromatic carbocycles. The van der Waals surface area contributed by atoms with Crippen LogP contribution in [-0.4, -0.2) is 16.8 Å². The van der Waals surface area contributed by atoms with E-state index in [2.05, 4.69) is 22.5 Å². The summed E-state index contributed by atoms with van der Waals surface area (Å²) in [5.74, 6) is 1.32. The van der Waals surface area contributed by atoms with Gasteiger partial charge in [0.05, 0.1) is 17.4 Å². The number of nitrogens with zero attached hydrogens (tertiary/aromatic N) is 1. The van der Waals surface area contributed by atoms with E-state index >= 15 is 0 Å². The number of hydrogen-bond donors (Lipinski definition) is 2. The van der Waals surface area contributed by atoms with E-state index in [1.165, 1.54) is 10.4 Å². The van der Waals surface area contributed by atoms with Crippen molar-refractivity contribution in [2.24, 2.45) is 11.8 Å². The van der Waals surface area contributed by atoms with E-state index in [-0.39, 0.29) is 17.7 Å². The van der Waals surface area contributed by atoms with Crippen molar-refractivity contribution in [3.8, 4) is 0 Å². The van der Waals surface area contributed by atoms with E-state index in [0.29, 0.717) is 17.4 Å². The molecule has 130 valence electrons. The zero-order valence-corrected chi connectivity index (χ0v) is 15.0. The van der Waals surface area contributed by atoms with E-state index < -0.39 is 0 Å². The van der Waals surface area contributed by atoms with E-state index in [4.69, 9.17) is 0 Å². The number of rotatable bonds is 4. The van der Waals surface area contributed by atoms with Crippen LogP contribution in [-0.2, 0) is 17.6 Å². The first kappa shape index (κ1) is 16.3. The number of anilines is 2. The predicted octanol–water partition coefficient (Wildman–Crippen LogP) is 3.87. The zero-order chi connectivity index (χ0) is 17.4. The number of hydrogen-bond acceptors (Lipinski definition) is 4. The van der Waals surface area contributed by atoms with Crippen molar-refractivity contribution >= 4 is 34.7 Å². The molecule has 6 heteroatoms. The molecule has 4 rings (SSSR count). The highest BCUT2D eigenvalue weighted by Crippen LogP contribution is 2.33. The van der Waals surface area contributed by atoms with Gasteiger partial charge in [-0.3, -0.25) is 9.59 Å². The Kier molecular flexibility index (Phi) is 4.29. The molecule has 0 spiro atoms. The molecule has 0 aliphatic heterocycles.